The Bertz CT molecular complexity index is 660. The number of hydrogen-bond donors (Lipinski definition) is 2. The molecule has 2 unspecified atom stereocenters. The molecule has 0 heterocycles. The van der Waals surface area contributed by atoms with Crippen LogP contribution in [0.2, 0.25) is 0 Å². The first-order valence-corrected chi connectivity index (χ1v) is 8.79. The highest BCUT2D eigenvalue weighted by Crippen LogP contribution is 2.12. The van der Waals surface area contributed by atoms with E-state index < -0.39 is 5.97 Å². The monoisotopic (exact) mass is 343 g/mol. The van der Waals surface area contributed by atoms with E-state index in [0.717, 1.165) is 24.8 Å². The van der Waals surface area contributed by atoms with Crippen LogP contribution in [0.1, 0.15) is 37.3 Å². The predicted octanol–water partition coefficient (Wildman–Crippen LogP) is 4.21. The maximum atomic E-state index is 13.2. The van der Waals surface area contributed by atoms with Crippen LogP contribution >= 0.6 is 0 Å². The van der Waals surface area contributed by atoms with Crippen LogP contribution in [0.25, 0.3) is 0 Å². The second kappa shape index (κ2) is 9.94. The maximum absolute atomic E-state index is 13.2. The molecule has 3 nitrogen and oxygen atoms in total. The Morgan fingerprint density at radius 1 is 1.08 bits per heavy atom. The summed E-state index contributed by atoms with van der Waals surface area (Å²) in [4.78, 5) is 10.9. The van der Waals surface area contributed by atoms with Crippen LogP contribution in [-0.4, -0.2) is 23.2 Å². The van der Waals surface area contributed by atoms with E-state index in [2.05, 4.69) is 24.4 Å². The Morgan fingerprint density at radius 3 is 2.48 bits per heavy atom. The van der Waals surface area contributed by atoms with E-state index in [4.69, 9.17) is 5.11 Å². The van der Waals surface area contributed by atoms with Gasteiger partial charge in [-0.05, 0) is 55.9 Å². The molecule has 2 atom stereocenters. The Kier molecular flexibility index (Phi) is 7.61. The summed E-state index contributed by atoms with van der Waals surface area (Å²) in [5.41, 5.74) is 2.18. The number of carbonyl (C=O) groups is 1. The van der Waals surface area contributed by atoms with Gasteiger partial charge in [-0.15, -0.1) is 0 Å². The van der Waals surface area contributed by atoms with Crippen molar-refractivity contribution in [2.75, 3.05) is 0 Å². The molecule has 0 bridgehead atoms. The van der Waals surface area contributed by atoms with Gasteiger partial charge in [-0.2, -0.15) is 0 Å². The van der Waals surface area contributed by atoms with Crippen molar-refractivity contribution >= 4 is 5.97 Å². The Balaban J connectivity index is 1.88. The van der Waals surface area contributed by atoms with Crippen LogP contribution in [0.15, 0.2) is 54.6 Å². The Hall–Kier alpha value is -2.20. The molecular formula is C21H26FNO2. The molecule has 0 aliphatic heterocycles. The number of rotatable bonds is 10. The summed E-state index contributed by atoms with van der Waals surface area (Å²) in [6, 6.07) is 17.1. The van der Waals surface area contributed by atoms with E-state index in [-0.39, 0.29) is 24.3 Å². The number of nitrogens with one attached hydrogen (secondary N) is 1. The van der Waals surface area contributed by atoms with E-state index in [1.165, 1.54) is 11.6 Å². The SMILES string of the molecule is CC(CCc1cccc(F)c1)NC(CCC(=O)O)Cc1ccccc1. The third-order valence-corrected chi connectivity index (χ3v) is 4.31. The van der Waals surface area contributed by atoms with Crippen molar-refractivity contribution in [1.29, 1.82) is 0 Å². The summed E-state index contributed by atoms with van der Waals surface area (Å²) in [6.45, 7) is 2.10. The molecule has 0 fully saturated rings. The van der Waals surface area contributed by atoms with Gasteiger partial charge < -0.3 is 10.4 Å². The average Bonchev–Trinajstić information content (AvgIpc) is 2.59. The zero-order valence-corrected chi connectivity index (χ0v) is 14.6. The highest BCUT2D eigenvalue weighted by Gasteiger charge is 2.14. The second-order valence-electron chi connectivity index (χ2n) is 6.56. The fourth-order valence-corrected chi connectivity index (χ4v) is 3.00. The van der Waals surface area contributed by atoms with Gasteiger partial charge >= 0.3 is 5.97 Å². The largest absolute Gasteiger partial charge is 0.481 e. The van der Waals surface area contributed by atoms with Gasteiger partial charge in [0.15, 0.2) is 0 Å². The molecule has 25 heavy (non-hydrogen) atoms. The molecule has 0 aromatic heterocycles. The van der Waals surface area contributed by atoms with E-state index in [0.29, 0.717) is 6.42 Å². The normalized spacial score (nSPS) is 13.4. The first kappa shape index (κ1) is 19.1. The van der Waals surface area contributed by atoms with Gasteiger partial charge in [0.05, 0.1) is 0 Å². The van der Waals surface area contributed by atoms with E-state index in [9.17, 15) is 9.18 Å². The van der Waals surface area contributed by atoms with E-state index in [1.807, 2.05) is 24.3 Å². The van der Waals surface area contributed by atoms with Crippen molar-refractivity contribution in [1.82, 2.24) is 5.32 Å². The topological polar surface area (TPSA) is 49.3 Å². The molecule has 2 N–H and O–H groups in total. The van der Waals surface area contributed by atoms with Crippen molar-refractivity contribution in [2.24, 2.45) is 0 Å². The minimum atomic E-state index is -0.771. The number of benzene rings is 2. The molecule has 0 saturated carbocycles. The highest BCUT2D eigenvalue weighted by molar-refractivity contribution is 5.66. The summed E-state index contributed by atoms with van der Waals surface area (Å²) < 4.78 is 13.2. The minimum Gasteiger partial charge on any atom is -0.481 e. The first-order valence-electron chi connectivity index (χ1n) is 8.79. The van der Waals surface area contributed by atoms with Crippen molar-refractivity contribution in [3.63, 3.8) is 0 Å². The molecule has 0 aliphatic rings. The molecule has 0 spiro atoms. The van der Waals surface area contributed by atoms with E-state index in [1.54, 1.807) is 12.1 Å². The molecule has 2 aromatic carbocycles. The standard InChI is InChI=1S/C21H26FNO2/c1-16(10-11-18-8-5-9-19(22)14-18)23-20(12-13-21(24)25)15-17-6-3-2-4-7-17/h2-9,14,16,20,23H,10-13,15H2,1H3,(H,24,25). The molecule has 0 amide bonds. The summed E-state index contributed by atoms with van der Waals surface area (Å²) in [5.74, 6) is -0.978. The van der Waals surface area contributed by atoms with Gasteiger partial charge in [-0.25, -0.2) is 4.39 Å². The lowest BCUT2D eigenvalue weighted by Crippen LogP contribution is -2.38. The van der Waals surface area contributed by atoms with Gasteiger partial charge in [0.25, 0.3) is 0 Å². The predicted molar refractivity (Wildman–Crippen MR) is 98.1 cm³/mol. The highest BCUT2D eigenvalue weighted by atomic mass is 19.1. The molecule has 0 saturated heterocycles. The van der Waals surface area contributed by atoms with Crippen LogP contribution in [0, 0.1) is 5.82 Å². The number of hydrogen-bond acceptors (Lipinski definition) is 2. The van der Waals surface area contributed by atoms with Crippen molar-refractivity contribution < 1.29 is 14.3 Å². The van der Waals surface area contributed by atoms with Gasteiger partial charge in [0.1, 0.15) is 5.82 Å². The van der Waals surface area contributed by atoms with Gasteiger partial charge in [0.2, 0.25) is 0 Å². The first-order chi connectivity index (χ1) is 12.0. The summed E-state index contributed by atoms with van der Waals surface area (Å²) in [5, 5.41) is 12.5. The van der Waals surface area contributed by atoms with Crippen LogP contribution in [0.3, 0.4) is 0 Å². The summed E-state index contributed by atoms with van der Waals surface area (Å²) >= 11 is 0. The maximum Gasteiger partial charge on any atom is 0.303 e. The fraction of sp³-hybridized carbons (Fsp3) is 0.381. The average molecular weight is 343 g/mol. The van der Waals surface area contributed by atoms with Crippen molar-refractivity contribution in [2.45, 2.75) is 51.1 Å². The Labute approximate surface area is 148 Å². The van der Waals surface area contributed by atoms with Crippen molar-refractivity contribution in [3.05, 3.63) is 71.5 Å². The molecule has 2 rings (SSSR count). The van der Waals surface area contributed by atoms with Gasteiger partial charge in [0, 0.05) is 18.5 Å². The van der Waals surface area contributed by atoms with Crippen LogP contribution < -0.4 is 5.32 Å². The Morgan fingerprint density at radius 2 is 1.80 bits per heavy atom. The lowest BCUT2D eigenvalue weighted by molar-refractivity contribution is -0.137. The lowest BCUT2D eigenvalue weighted by atomic mass is 9.99. The second-order valence-corrected chi connectivity index (χ2v) is 6.56. The zero-order valence-electron chi connectivity index (χ0n) is 14.6. The number of aryl methyl sites for hydroxylation is 1. The van der Waals surface area contributed by atoms with Gasteiger partial charge in [-0.1, -0.05) is 42.5 Å². The molecule has 134 valence electrons. The smallest absolute Gasteiger partial charge is 0.303 e. The molecule has 4 heteroatoms. The van der Waals surface area contributed by atoms with Gasteiger partial charge in [-0.3, -0.25) is 4.79 Å². The molecule has 0 radical (unpaired) electrons. The molecule has 2 aromatic rings. The zero-order chi connectivity index (χ0) is 18.1. The quantitative estimate of drug-likeness (QED) is 0.679. The van der Waals surface area contributed by atoms with Crippen LogP contribution in [0.5, 0.6) is 0 Å². The molecular weight excluding hydrogens is 317 g/mol. The number of carboxylic acids is 1. The van der Waals surface area contributed by atoms with E-state index >= 15 is 0 Å². The number of aliphatic carboxylic acids is 1. The van der Waals surface area contributed by atoms with Crippen LogP contribution in [-0.2, 0) is 17.6 Å². The lowest BCUT2D eigenvalue weighted by Gasteiger charge is -2.23. The minimum absolute atomic E-state index is 0.112. The number of carboxylic acid groups (broad SMARTS) is 1. The number of halogens is 1. The molecule has 0 aliphatic carbocycles. The van der Waals surface area contributed by atoms with Crippen molar-refractivity contribution in [3.8, 4) is 0 Å². The fourth-order valence-electron chi connectivity index (χ4n) is 3.00. The summed E-state index contributed by atoms with van der Waals surface area (Å²) in [6.07, 6.45) is 3.22. The van der Waals surface area contributed by atoms with Crippen LogP contribution in [0.4, 0.5) is 4.39 Å². The summed E-state index contributed by atoms with van der Waals surface area (Å²) in [7, 11) is 0. The third-order valence-electron chi connectivity index (χ3n) is 4.31. The third kappa shape index (κ3) is 7.48.